The summed E-state index contributed by atoms with van der Waals surface area (Å²) in [6.45, 7) is 1.82. The fourth-order valence-electron chi connectivity index (χ4n) is 2.51. The summed E-state index contributed by atoms with van der Waals surface area (Å²) in [5, 5.41) is 11.9. The van der Waals surface area contributed by atoms with E-state index >= 15 is 0 Å². The molecule has 116 valence electrons. The highest BCUT2D eigenvalue weighted by Crippen LogP contribution is 2.29. The number of rotatable bonds is 4. The number of carbonyl (C=O) groups is 3. The van der Waals surface area contributed by atoms with Crippen LogP contribution in [-0.4, -0.2) is 29.9 Å². The molecule has 1 aliphatic rings. The van der Waals surface area contributed by atoms with Gasteiger partial charge in [-0.25, -0.2) is 4.79 Å². The van der Waals surface area contributed by atoms with Gasteiger partial charge in [0, 0.05) is 17.5 Å². The molecule has 0 saturated carbocycles. The summed E-state index contributed by atoms with van der Waals surface area (Å²) < 4.78 is 4.65. The molecular formula is C16H17NO5. The molecule has 0 aliphatic heterocycles. The summed E-state index contributed by atoms with van der Waals surface area (Å²) in [6, 6.07) is 6.23. The Balaban J connectivity index is 2.12. The number of nitrogens with one attached hydrogen (secondary N) is 1. The predicted molar refractivity (Wildman–Crippen MR) is 79.4 cm³/mol. The van der Waals surface area contributed by atoms with E-state index in [9.17, 15) is 14.4 Å². The fourth-order valence-corrected chi connectivity index (χ4v) is 2.51. The van der Waals surface area contributed by atoms with Crippen LogP contribution in [0.1, 0.15) is 23.7 Å². The zero-order chi connectivity index (χ0) is 16.3. The van der Waals surface area contributed by atoms with Gasteiger partial charge in [-0.2, -0.15) is 0 Å². The lowest BCUT2D eigenvalue weighted by atomic mass is 9.82. The van der Waals surface area contributed by atoms with Crippen LogP contribution in [0.3, 0.4) is 0 Å². The minimum Gasteiger partial charge on any atom is -0.478 e. The van der Waals surface area contributed by atoms with Crippen molar-refractivity contribution in [1.29, 1.82) is 0 Å². The first-order chi connectivity index (χ1) is 10.4. The van der Waals surface area contributed by atoms with E-state index in [2.05, 4.69) is 10.1 Å². The third-order valence-corrected chi connectivity index (χ3v) is 3.63. The van der Waals surface area contributed by atoms with E-state index in [1.165, 1.54) is 25.3 Å². The van der Waals surface area contributed by atoms with Gasteiger partial charge in [0.2, 0.25) is 0 Å². The second-order valence-corrected chi connectivity index (χ2v) is 5.26. The summed E-state index contributed by atoms with van der Waals surface area (Å²) in [4.78, 5) is 34.5. The molecule has 1 aromatic carbocycles. The molecule has 0 bridgehead atoms. The highest BCUT2D eigenvalue weighted by atomic mass is 16.5. The third kappa shape index (κ3) is 3.33. The lowest BCUT2D eigenvalue weighted by Gasteiger charge is -2.26. The quantitative estimate of drug-likeness (QED) is 0.653. The van der Waals surface area contributed by atoms with Crippen molar-refractivity contribution in [3.05, 3.63) is 41.6 Å². The van der Waals surface area contributed by atoms with Crippen LogP contribution in [-0.2, 0) is 14.3 Å². The molecule has 2 rings (SSSR count). The van der Waals surface area contributed by atoms with Crippen LogP contribution in [0.25, 0.3) is 0 Å². The normalized spacial score (nSPS) is 21.0. The molecule has 2 atom stereocenters. The average molecular weight is 303 g/mol. The van der Waals surface area contributed by atoms with Crippen LogP contribution < -0.4 is 5.32 Å². The number of allylic oxidation sites excluding steroid dienone is 2. The minimum atomic E-state index is -0.992. The Morgan fingerprint density at radius 1 is 1.27 bits per heavy atom. The topological polar surface area (TPSA) is 92.7 Å². The van der Waals surface area contributed by atoms with E-state index in [-0.39, 0.29) is 17.3 Å². The SMILES string of the molecule is COC(=O)[C@@H]1C(=O)C=C(Nc2ccc(C(=O)O)cc2)C[C@H]1C. The van der Waals surface area contributed by atoms with Crippen LogP contribution in [0.4, 0.5) is 5.69 Å². The molecule has 0 amide bonds. The highest BCUT2D eigenvalue weighted by Gasteiger charge is 2.35. The van der Waals surface area contributed by atoms with Crippen molar-refractivity contribution in [1.82, 2.24) is 0 Å². The van der Waals surface area contributed by atoms with E-state index in [1.807, 2.05) is 6.92 Å². The van der Waals surface area contributed by atoms with Crippen molar-refractivity contribution in [3.8, 4) is 0 Å². The number of methoxy groups -OCH3 is 1. The van der Waals surface area contributed by atoms with Gasteiger partial charge in [-0.1, -0.05) is 6.92 Å². The number of hydrogen-bond donors (Lipinski definition) is 2. The zero-order valence-electron chi connectivity index (χ0n) is 12.3. The number of carboxylic acids is 1. The largest absolute Gasteiger partial charge is 0.478 e. The number of ether oxygens (including phenoxy) is 1. The summed E-state index contributed by atoms with van der Waals surface area (Å²) >= 11 is 0. The molecule has 2 N–H and O–H groups in total. The standard InChI is InChI=1S/C16H17NO5/c1-9-7-12(8-13(18)14(9)16(21)22-2)17-11-5-3-10(4-6-11)15(19)20/h3-6,8-9,14,17H,7H2,1-2H3,(H,19,20)/t9-,14+/m1/s1. The molecule has 0 saturated heterocycles. The number of carboxylic acid groups (broad SMARTS) is 1. The molecule has 6 heteroatoms. The fraction of sp³-hybridized carbons (Fsp3) is 0.312. The van der Waals surface area contributed by atoms with Crippen LogP contribution in [0, 0.1) is 11.8 Å². The van der Waals surface area contributed by atoms with Gasteiger partial charge >= 0.3 is 11.9 Å². The number of hydrogen-bond acceptors (Lipinski definition) is 5. The monoisotopic (exact) mass is 303 g/mol. The molecule has 0 radical (unpaired) electrons. The Bertz CT molecular complexity index is 632. The summed E-state index contributed by atoms with van der Waals surface area (Å²) in [7, 11) is 1.27. The Morgan fingerprint density at radius 3 is 2.41 bits per heavy atom. The van der Waals surface area contributed by atoms with Crippen molar-refractivity contribution in [2.24, 2.45) is 11.8 Å². The average Bonchev–Trinajstić information content (AvgIpc) is 2.46. The second-order valence-electron chi connectivity index (χ2n) is 5.26. The van der Waals surface area contributed by atoms with Crippen LogP contribution in [0.5, 0.6) is 0 Å². The van der Waals surface area contributed by atoms with Crippen molar-refractivity contribution in [2.45, 2.75) is 13.3 Å². The highest BCUT2D eigenvalue weighted by molar-refractivity contribution is 6.06. The first-order valence-electron chi connectivity index (χ1n) is 6.85. The molecule has 1 aromatic rings. The van der Waals surface area contributed by atoms with Gasteiger partial charge in [0.25, 0.3) is 0 Å². The Hall–Kier alpha value is -2.63. The lowest BCUT2D eigenvalue weighted by molar-refractivity contribution is -0.150. The first-order valence-corrected chi connectivity index (χ1v) is 6.85. The van der Waals surface area contributed by atoms with Crippen LogP contribution >= 0.6 is 0 Å². The maximum atomic E-state index is 12.1. The van der Waals surface area contributed by atoms with Gasteiger partial charge in [-0.15, -0.1) is 0 Å². The smallest absolute Gasteiger partial charge is 0.335 e. The number of anilines is 1. The van der Waals surface area contributed by atoms with E-state index in [1.54, 1.807) is 12.1 Å². The predicted octanol–water partition coefficient (Wildman–Crippen LogP) is 2.08. The maximum absolute atomic E-state index is 12.1. The van der Waals surface area contributed by atoms with Crippen LogP contribution in [0.2, 0.25) is 0 Å². The summed E-state index contributed by atoms with van der Waals surface area (Å²) in [6.07, 6.45) is 1.94. The Kier molecular flexibility index (Phi) is 4.60. The van der Waals surface area contributed by atoms with Gasteiger partial charge in [0.15, 0.2) is 5.78 Å². The van der Waals surface area contributed by atoms with E-state index in [0.717, 1.165) is 0 Å². The molecular weight excluding hydrogens is 286 g/mol. The van der Waals surface area contributed by atoms with Gasteiger partial charge in [-0.3, -0.25) is 9.59 Å². The lowest BCUT2D eigenvalue weighted by Crippen LogP contribution is -2.34. The van der Waals surface area contributed by atoms with Gasteiger partial charge in [0.1, 0.15) is 5.92 Å². The molecule has 1 aliphatic carbocycles. The maximum Gasteiger partial charge on any atom is 0.335 e. The number of benzene rings is 1. The van der Waals surface area contributed by atoms with Crippen molar-refractivity contribution in [3.63, 3.8) is 0 Å². The number of ketones is 1. The van der Waals surface area contributed by atoms with Gasteiger partial charge in [0.05, 0.1) is 12.7 Å². The Labute approximate surface area is 127 Å². The molecule has 0 spiro atoms. The van der Waals surface area contributed by atoms with Crippen molar-refractivity contribution in [2.75, 3.05) is 12.4 Å². The van der Waals surface area contributed by atoms with Crippen molar-refractivity contribution < 1.29 is 24.2 Å². The third-order valence-electron chi connectivity index (χ3n) is 3.63. The molecule has 0 fully saturated rings. The number of aromatic carboxylic acids is 1. The van der Waals surface area contributed by atoms with Gasteiger partial charge in [-0.05, 0) is 36.6 Å². The summed E-state index contributed by atoms with van der Waals surface area (Å²) in [5.41, 5.74) is 1.58. The van der Waals surface area contributed by atoms with E-state index < -0.39 is 17.9 Å². The van der Waals surface area contributed by atoms with E-state index in [0.29, 0.717) is 17.8 Å². The molecule has 22 heavy (non-hydrogen) atoms. The first kappa shape index (κ1) is 15.8. The van der Waals surface area contributed by atoms with Crippen LogP contribution in [0.15, 0.2) is 36.0 Å². The number of esters is 1. The van der Waals surface area contributed by atoms with E-state index in [4.69, 9.17) is 5.11 Å². The Morgan fingerprint density at radius 2 is 1.91 bits per heavy atom. The van der Waals surface area contributed by atoms with Crippen molar-refractivity contribution >= 4 is 23.4 Å². The molecule has 0 unspecified atom stereocenters. The number of carbonyl (C=O) groups excluding carboxylic acids is 2. The summed E-state index contributed by atoms with van der Waals surface area (Å²) in [5.74, 6) is -2.71. The molecule has 0 heterocycles. The zero-order valence-corrected chi connectivity index (χ0v) is 12.3. The molecule has 6 nitrogen and oxygen atoms in total. The molecule has 0 aromatic heterocycles. The van der Waals surface area contributed by atoms with Gasteiger partial charge < -0.3 is 15.2 Å². The second kappa shape index (κ2) is 6.43. The minimum absolute atomic E-state index is 0.161.